The van der Waals surface area contributed by atoms with Crippen LogP contribution in [-0.4, -0.2) is 0 Å². The maximum atomic E-state index is 5.55. The van der Waals surface area contributed by atoms with Gasteiger partial charge in [0.25, 0.3) is 0 Å². The first-order chi connectivity index (χ1) is 5.79. The molecule has 0 unspecified atom stereocenters. The van der Waals surface area contributed by atoms with E-state index in [0.29, 0.717) is 6.54 Å². The summed E-state index contributed by atoms with van der Waals surface area (Å²) in [5.74, 6) is 0. The van der Waals surface area contributed by atoms with Gasteiger partial charge in [-0.2, -0.15) is 0 Å². The zero-order valence-electron chi connectivity index (χ0n) is 6.79. The average molecular weight is 279 g/mol. The molecule has 0 aliphatic carbocycles. The molecule has 0 aliphatic rings. The molecule has 0 amide bonds. The Labute approximate surface area is 95.5 Å². The lowest BCUT2D eigenvalue weighted by molar-refractivity contribution is 1.11. The molecule has 0 bridgehead atoms. The third kappa shape index (κ3) is 2.23. The highest BCUT2D eigenvalue weighted by atomic mass is 79.9. The standard InChI is InChI=1S/C9H8BrNS.ClH/c10-7-2-1-6-3-8(5-11)12-9(6)4-7;/h1-4H,5,11H2;1H. The molecule has 1 heterocycles. The molecular weight excluding hydrogens is 270 g/mol. The molecule has 1 aromatic heterocycles. The number of nitrogens with two attached hydrogens (primary N) is 1. The molecule has 4 heteroatoms. The van der Waals surface area contributed by atoms with E-state index in [9.17, 15) is 0 Å². The first-order valence-corrected chi connectivity index (χ1v) is 5.28. The fourth-order valence-electron chi connectivity index (χ4n) is 1.16. The van der Waals surface area contributed by atoms with E-state index < -0.39 is 0 Å². The van der Waals surface area contributed by atoms with Crippen LogP contribution >= 0.6 is 39.7 Å². The van der Waals surface area contributed by atoms with E-state index in [1.54, 1.807) is 11.3 Å². The van der Waals surface area contributed by atoms with Crippen LogP contribution in [0.1, 0.15) is 4.88 Å². The van der Waals surface area contributed by atoms with Crippen LogP contribution in [-0.2, 0) is 6.54 Å². The lowest BCUT2D eigenvalue weighted by Gasteiger charge is -1.88. The predicted octanol–water partition coefficient (Wildman–Crippen LogP) is 3.54. The van der Waals surface area contributed by atoms with Crippen LogP contribution < -0.4 is 5.73 Å². The van der Waals surface area contributed by atoms with Crippen molar-refractivity contribution in [3.63, 3.8) is 0 Å². The van der Waals surface area contributed by atoms with Crippen molar-refractivity contribution in [2.75, 3.05) is 0 Å². The lowest BCUT2D eigenvalue weighted by atomic mass is 10.2. The minimum atomic E-state index is 0. The molecule has 70 valence electrons. The summed E-state index contributed by atoms with van der Waals surface area (Å²) in [6, 6.07) is 8.43. The first kappa shape index (κ1) is 11.0. The van der Waals surface area contributed by atoms with Gasteiger partial charge in [0.2, 0.25) is 0 Å². The van der Waals surface area contributed by atoms with E-state index in [1.165, 1.54) is 15.0 Å². The number of hydrogen-bond donors (Lipinski definition) is 1. The van der Waals surface area contributed by atoms with E-state index in [-0.39, 0.29) is 12.4 Å². The second-order valence-electron chi connectivity index (χ2n) is 2.60. The number of hydrogen-bond acceptors (Lipinski definition) is 2. The molecule has 0 fully saturated rings. The Morgan fingerprint density at radius 2 is 2.08 bits per heavy atom. The van der Waals surface area contributed by atoms with Crippen molar-refractivity contribution >= 4 is 49.8 Å². The van der Waals surface area contributed by atoms with Crippen LogP contribution in [0.4, 0.5) is 0 Å². The van der Waals surface area contributed by atoms with Crippen LogP contribution in [0.2, 0.25) is 0 Å². The van der Waals surface area contributed by atoms with Crippen molar-refractivity contribution < 1.29 is 0 Å². The van der Waals surface area contributed by atoms with Crippen molar-refractivity contribution in [2.45, 2.75) is 6.54 Å². The number of fused-ring (bicyclic) bond motifs is 1. The van der Waals surface area contributed by atoms with Crippen LogP contribution in [0.15, 0.2) is 28.7 Å². The quantitative estimate of drug-likeness (QED) is 0.848. The Morgan fingerprint density at radius 3 is 2.77 bits per heavy atom. The summed E-state index contributed by atoms with van der Waals surface area (Å²) in [6.07, 6.45) is 0. The molecule has 2 rings (SSSR count). The highest BCUT2D eigenvalue weighted by molar-refractivity contribution is 9.10. The monoisotopic (exact) mass is 277 g/mol. The maximum absolute atomic E-state index is 5.55. The normalized spacial score (nSPS) is 10.0. The summed E-state index contributed by atoms with van der Waals surface area (Å²) in [4.78, 5) is 1.24. The fourth-order valence-corrected chi connectivity index (χ4v) is 2.66. The molecule has 1 nitrogen and oxygen atoms in total. The van der Waals surface area contributed by atoms with Gasteiger partial charge < -0.3 is 5.73 Å². The van der Waals surface area contributed by atoms with Gasteiger partial charge in [-0.3, -0.25) is 0 Å². The van der Waals surface area contributed by atoms with Crippen molar-refractivity contribution in [3.05, 3.63) is 33.6 Å². The second-order valence-corrected chi connectivity index (χ2v) is 4.68. The van der Waals surface area contributed by atoms with E-state index in [1.807, 2.05) is 0 Å². The van der Waals surface area contributed by atoms with Crippen molar-refractivity contribution in [1.82, 2.24) is 0 Å². The highest BCUT2D eigenvalue weighted by Crippen LogP contribution is 2.27. The van der Waals surface area contributed by atoms with Gasteiger partial charge in [0.15, 0.2) is 0 Å². The highest BCUT2D eigenvalue weighted by Gasteiger charge is 1.99. The molecule has 0 aliphatic heterocycles. The van der Waals surface area contributed by atoms with Gasteiger partial charge in [-0.05, 0) is 23.6 Å². The molecule has 0 atom stereocenters. The second kappa shape index (κ2) is 4.42. The molecule has 1 aromatic carbocycles. The zero-order chi connectivity index (χ0) is 8.55. The van der Waals surface area contributed by atoms with Gasteiger partial charge >= 0.3 is 0 Å². The van der Waals surface area contributed by atoms with E-state index in [0.717, 1.165) is 4.47 Å². The Morgan fingerprint density at radius 1 is 1.31 bits per heavy atom. The summed E-state index contributed by atoms with van der Waals surface area (Å²) in [5, 5.41) is 1.28. The SMILES string of the molecule is Cl.NCc1cc2ccc(Br)cc2s1. The Balaban J connectivity index is 0.000000845. The van der Waals surface area contributed by atoms with Crippen molar-refractivity contribution in [3.8, 4) is 0 Å². The van der Waals surface area contributed by atoms with Crippen molar-refractivity contribution in [1.29, 1.82) is 0 Å². The first-order valence-electron chi connectivity index (χ1n) is 3.67. The molecule has 0 saturated carbocycles. The third-order valence-electron chi connectivity index (χ3n) is 1.73. The van der Waals surface area contributed by atoms with Gasteiger partial charge in [0.1, 0.15) is 0 Å². The van der Waals surface area contributed by atoms with Gasteiger partial charge in [-0.25, -0.2) is 0 Å². The van der Waals surface area contributed by atoms with Crippen LogP contribution in [0, 0.1) is 0 Å². The summed E-state index contributed by atoms with van der Waals surface area (Å²) in [5.41, 5.74) is 5.55. The summed E-state index contributed by atoms with van der Waals surface area (Å²) in [7, 11) is 0. The smallest absolute Gasteiger partial charge is 0.0357 e. The summed E-state index contributed by atoms with van der Waals surface area (Å²) in [6.45, 7) is 0.636. The fraction of sp³-hybridized carbons (Fsp3) is 0.111. The van der Waals surface area contributed by atoms with Crippen molar-refractivity contribution in [2.24, 2.45) is 5.73 Å². The summed E-state index contributed by atoms with van der Waals surface area (Å²) >= 11 is 5.20. The predicted molar refractivity (Wildman–Crippen MR) is 64.7 cm³/mol. The minimum Gasteiger partial charge on any atom is -0.326 e. The number of benzene rings is 1. The average Bonchev–Trinajstić information content (AvgIpc) is 2.46. The maximum Gasteiger partial charge on any atom is 0.0357 e. The van der Waals surface area contributed by atoms with Gasteiger partial charge in [0.05, 0.1) is 0 Å². The lowest BCUT2D eigenvalue weighted by Crippen LogP contribution is -1.90. The number of rotatable bonds is 1. The number of halogens is 2. The van der Waals surface area contributed by atoms with E-state index in [4.69, 9.17) is 5.73 Å². The Bertz CT molecular complexity index is 413. The molecule has 0 spiro atoms. The molecule has 0 radical (unpaired) electrons. The molecule has 2 aromatic rings. The Kier molecular flexibility index (Phi) is 3.74. The topological polar surface area (TPSA) is 26.0 Å². The summed E-state index contributed by atoms with van der Waals surface area (Å²) < 4.78 is 2.42. The third-order valence-corrected chi connectivity index (χ3v) is 3.35. The molecule has 0 saturated heterocycles. The largest absolute Gasteiger partial charge is 0.326 e. The van der Waals surface area contributed by atoms with Crippen LogP contribution in [0.3, 0.4) is 0 Å². The molecule has 2 N–H and O–H groups in total. The van der Waals surface area contributed by atoms with Gasteiger partial charge in [0, 0.05) is 20.6 Å². The minimum absolute atomic E-state index is 0. The zero-order valence-corrected chi connectivity index (χ0v) is 10.0. The van der Waals surface area contributed by atoms with Gasteiger partial charge in [-0.15, -0.1) is 23.7 Å². The van der Waals surface area contributed by atoms with E-state index >= 15 is 0 Å². The van der Waals surface area contributed by atoms with Gasteiger partial charge in [-0.1, -0.05) is 22.0 Å². The number of thiophene rings is 1. The Hall–Kier alpha value is -0.0900. The molecule has 13 heavy (non-hydrogen) atoms. The van der Waals surface area contributed by atoms with E-state index in [2.05, 4.69) is 40.2 Å². The van der Waals surface area contributed by atoms with Crippen LogP contribution in [0.25, 0.3) is 10.1 Å². The molecular formula is C9H9BrClNS. The van der Waals surface area contributed by atoms with Crippen LogP contribution in [0.5, 0.6) is 0 Å².